The lowest BCUT2D eigenvalue weighted by molar-refractivity contribution is 0.0488. The molecule has 1 amide bonds. The number of carbonyl (C=O) groups is 2. The first-order chi connectivity index (χ1) is 10.3. The first kappa shape index (κ1) is 16.5. The molecule has 0 radical (unpaired) electrons. The lowest BCUT2D eigenvalue weighted by atomic mass is 9.89. The van der Waals surface area contributed by atoms with Crippen molar-refractivity contribution in [3.05, 3.63) is 35.4 Å². The van der Waals surface area contributed by atoms with Gasteiger partial charge in [-0.25, -0.2) is 4.79 Å². The summed E-state index contributed by atoms with van der Waals surface area (Å²) in [7, 11) is 0. The van der Waals surface area contributed by atoms with Gasteiger partial charge in [-0.15, -0.1) is 0 Å². The summed E-state index contributed by atoms with van der Waals surface area (Å²) in [6, 6.07) is 7.52. The van der Waals surface area contributed by atoms with Crippen LogP contribution in [0.1, 0.15) is 56.5 Å². The van der Waals surface area contributed by atoms with E-state index in [-0.39, 0.29) is 17.7 Å². The van der Waals surface area contributed by atoms with Crippen molar-refractivity contribution in [3.63, 3.8) is 0 Å². The lowest BCUT2D eigenvalue weighted by Gasteiger charge is -2.25. The summed E-state index contributed by atoms with van der Waals surface area (Å²) >= 11 is 0. The van der Waals surface area contributed by atoms with Gasteiger partial charge in [0.2, 0.25) is 0 Å². The minimum atomic E-state index is -0.538. The van der Waals surface area contributed by atoms with Gasteiger partial charge in [0, 0.05) is 17.5 Å². The van der Waals surface area contributed by atoms with E-state index in [2.05, 4.69) is 5.32 Å². The number of nitrogens with one attached hydrogen (secondary N) is 1. The third-order valence-electron chi connectivity index (χ3n) is 3.93. The van der Waals surface area contributed by atoms with Gasteiger partial charge in [0.25, 0.3) is 0 Å². The third kappa shape index (κ3) is 4.09. The minimum absolute atomic E-state index is 0.122. The van der Waals surface area contributed by atoms with Gasteiger partial charge in [-0.05, 0) is 52.5 Å². The molecular formula is C18H25NO3. The van der Waals surface area contributed by atoms with E-state index in [1.54, 1.807) is 0 Å². The molecule has 1 N–H and O–H groups in total. The van der Waals surface area contributed by atoms with E-state index in [0.717, 1.165) is 30.4 Å². The molecule has 0 fully saturated rings. The first-order valence-corrected chi connectivity index (χ1v) is 7.89. The van der Waals surface area contributed by atoms with Crippen LogP contribution in [0.25, 0.3) is 0 Å². The van der Waals surface area contributed by atoms with Crippen LogP contribution < -0.4 is 5.32 Å². The van der Waals surface area contributed by atoms with Gasteiger partial charge in [-0.3, -0.25) is 4.79 Å². The van der Waals surface area contributed by atoms with Crippen LogP contribution in [0, 0.1) is 5.92 Å². The molecule has 0 bridgehead atoms. The van der Waals surface area contributed by atoms with Gasteiger partial charge in [0.15, 0.2) is 5.78 Å². The van der Waals surface area contributed by atoms with Crippen molar-refractivity contribution in [2.24, 2.45) is 5.92 Å². The van der Waals surface area contributed by atoms with Gasteiger partial charge in [-0.1, -0.05) is 24.3 Å². The van der Waals surface area contributed by atoms with Gasteiger partial charge >= 0.3 is 6.09 Å². The van der Waals surface area contributed by atoms with Crippen molar-refractivity contribution in [1.29, 1.82) is 0 Å². The van der Waals surface area contributed by atoms with Crippen LogP contribution in [-0.2, 0) is 11.2 Å². The summed E-state index contributed by atoms with van der Waals surface area (Å²) in [5.41, 5.74) is 1.37. The number of hydrogen-bond donors (Lipinski definition) is 1. The zero-order chi connectivity index (χ0) is 16.3. The molecule has 2 rings (SSSR count). The van der Waals surface area contributed by atoms with Crippen LogP contribution in [0.5, 0.6) is 0 Å². The Kier molecular flexibility index (Phi) is 4.89. The van der Waals surface area contributed by atoms with Crippen LogP contribution >= 0.6 is 0 Å². The average molecular weight is 303 g/mol. The largest absolute Gasteiger partial charge is 0.444 e. The first-order valence-electron chi connectivity index (χ1n) is 7.89. The topological polar surface area (TPSA) is 55.4 Å². The summed E-state index contributed by atoms with van der Waals surface area (Å²) in [6.45, 7) is 7.35. The predicted molar refractivity (Wildman–Crippen MR) is 86.0 cm³/mol. The Morgan fingerprint density at radius 2 is 2.00 bits per heavy atom. The molecule has 4 nitrogen and oxygen atoms in total. The number of amides is 1. The van der Waals surface area contributed by atoms with Crippen LogP contribution in [0.3, 0.4) is 0 Å². The summed E-state index contributed by atoms with van der Waals surface area (Å²) in [5, 5.41) is 2.81. The Morgan fingerprint density at radius 1 is 1.32 bits per heavy atom. The normalized spacial score (nSPS) is 19.8. The molecule has 1 aliphatic rings. The number of benzene rings is 1. The minimum Gasteiger partial charge on any atom is -0.444 e. The zero-order valence-electron chi connectivity index (χ0n) is 13.8. The second kappa shape index (κ2) is 6.51. The molecule has 0 spiro atoms. The number of rotatable bonds is 2. The highest BCUT2D eigenvalue weighted by Gasteiger charge is 2.31. The molecule has 2 atom stereocenters. The Morgan fingerprint density at radius 3 is 2.68 bits per heavy atom. The van der Waals surface area contributed by atoms with Gasteiger partial charge < -0.3 is 10.1 Å². The van der Waals surface area contributed by atoms with Crippen LogP contribution in [0.15, 0.2) is 24.3 Å². The smallest absolute Gasteiger partial charge is 0.407 e. The van der Waals surface area contributed by atoms with E-state index in [9.17, 15) is 9.59 Å². The molecular weight excluding hydrogens is 278 g/mol. The summed E-state index contributed by atoms with van der Waals surface area (Å²) in [6.07, 6.45) is 2.18. The van der Waals surface area contributed by atoms with E-state index in [0.29, 0.717) is 0 Å². The number of alkyl carbamates (subject to hydrolysis) is 1. The number of carbonyl (C=O) groups excluding carboxylic acids is 2. The fourth-order valence-corrected chi connectivity index (χ4v) is 2.89. The number of fused-ring (bicyclic) bond motifs is 1. The molecule has 120 valence electrons. The zero-order valence-corrected chi connectivity index (χ0v) is 13.8. The van der Waals surface area contributed by atoms with E-state index in [1.807, 2.05) is 52.0 Å². The SMILES string of the molecule is CC(NC(=O)OC(C)(C)C)C1CCCc2ccccc2C1=O. The van der Waals surface area contributed by atoms with E-state index in [4.69, 9.17) is 4.74 Å². The van der Waals surface area contributed by atoms with Crippen LogP contribution in [-0.4, -0.2) is 23.5 Å². The van der Waals surface area contributed by atoms with E-state index in [1.165, 1.54) is 0 Å². The van der Waals surface area contributed by atoms with Crippen molar-refractivity contribution in [3.8, 4) is 0 Å². The highest BCUT2D eigenvalue weighted by Crippen LogP contribution is 2.26. The molecule has 22 heavy (non-hydrogen) atoms. The number of hydrogen-bond acceptors (Lipinski definition) is 3. The lowest BCUT2D eigenvalue weighted by Crippen LogP contribution is -2.43. The van der Waals surface area contributed by atoms with Crippen molar-refractivity contribution >= 4 is 11.9 Å². The van der Waals surface area contributed by atoms with Crippen molar-refractivity contribution in [2.75, 3.05) is 0 Å². The Labute approximate surface area is 132 Å². The Balaban J connectivity index is 2.08. The maximum atomic E-state index is 12.8. The quantitative estimate of drug-likeness (QED) is 0.847. The highest BCUT2D eigenvalue weighted by molar-refractivity contribution is 6.00. The van der Waals surface area contributed by atoms with Crippen molar-refractivity contribution < 1.29 is 14.3 Å². The second-order valence-corrected chi connectivity index (χ2v) is 6.96. The summed E-state index contributed by atoms with van der Waals surface area (Å²) < 4.78 is 5.27. The second-order valence-electron chi connectivity index (χ2n) is 6.96. The molecule has 0 aromatic heterocycles. The molecule has 0 saturated heterocycles. The molecule has 0 aliphatic heterocycles. The maximum Gasteiger partial charge on any atom is 0.407 e. The predicted octanol–water partition coefficient (Wildman–Crippen LogP) is 3.74. The highest BCUT2D eigenvalue weighted by atomic mass is 16.6. The van der Waals surface area contributed by atoms with Crippen LogP contribution in [0.2, 0.25) is 0 Å². The monoisotopic (exact) mass is 303 g/mol. The molecule has 1 aromatic carbocycles. The number of ether oxygens (including phenoxy) is 1. The number of ketones is 1. The fraction of sp³-hybridized carbons (Fsp3) is 0.556. The Hall–Kier alpha value is -1.84. The fourth-order valence-electron chi connectivity index (χ4n) is 2.89. The van der Waals surface area contributed by atoms with Crippen molar-refractivity contribution in [1.82, 2.24) is 5.32 Å². The molecule has 0 heterocycles. The summed E-state index contributed by atoms with van der Waals surface area (Å²) in [4.78, 5) is 24.7. The summed E-state index contributed by atoms with van der Waals surface area (Å²) in [5.74, 6) is -0.0761. The average Bonchev–Trinajstić information content (AvgIpc) is 2.56. The van der Waals surface area contributed by atoms with E-state index < -0.39 is 11.7 Å². The van der Waals surface area contributed by atoms with Gasteiger partial charge in [0.05, 0.1) is 0 Å². The third-order valence-corrected chi connectivity index (χ3v) is 3.93. The van der Waals surface area contributed by atoms with Crippen LogP contribution in [0.4, 0.5) is 4.79 Å². The standard InChI is InChI=1S/C18H25NO3/c1-12(19-17(21)22-18(2,3)4)14-11-7-9-13-8-5-6-10-15(13)16(14)20/h5-6,8,10,12,14H,7,9,11H2,1-4H3,(H,19,21). The molecule has 1 aliphatic carbocycles. The maximum absolute atomic E-state index is 12.8. The van der Waals surface area contributed by atoms with Gasteiger partial charge in [-0.2, -0.15) is 0 Å². The number of aryl methyl sites for hydroxylation is 1. The number of Topliss-reactive ketones (excluding diaryl/α,β-unsaturated/α-hetero) is 1. The van der Waals surface area contributed by atoms with Crippen molar-refractivity contribution in [2.45, 2.75) is 58.6 Å². The Bertz CT molecular complexity index is 560. The molecule has 0 saturated carbocycles. The van der Waals surface area contributed by atoms with Gasteiger partial charge in [0.1, 0.15) is 5.60 Å². The van der Waals surface area contributed by atoms with E-state index >= 15 is 0 Å². The molecule has 2 unspecified atom stereocenters. The molecule has 1 aromatic rings. The molecule has 4 heteroatoms.